The topological polar surface area (TPSA) is 57.3 Å². The highest BCUT2D eigenvalue weighted by Crippen LogP contribution is 2.30. The van der Waals surface area contributed by atoms with E-state index >= 15 is 0 Å². The van der Waals surface area contributed by atoms with E-state index in [4.69, 9.17) is 0 Å². The minimum atomic E-state index is -0.319. The van der Waals surface area contributed by atoms with E-state index in [9.17, 15) is 4.79 Å². The Balaban J connectivity index is 1.72. The molecule has 0 spiro atoms. The number of anilines is 3. The van der Waals surface area contributed by atoms with Crippen molar-refractivity contribution < 1.29 is 4.79 Å². The largest absolute Gasteiger partial charge is 0.377 e. The van der Waals surface area contributed by atoms with Gasteiger partial charge < -0.3 is 10.2 Å². The second-order valence-corrected chi connectivity index (χ2v) is 5.78. The molecule has 3 rings (SSSR count). The lowest BCUT2D eigenvalue weighted by molar-refractivity contribution is 0.262. The van der Waals surface area contributed by atoms with Gasteiger partial charge in [0.1, 0.15) is 5.82 Å². The maximum absolute atomic E-state index is 12.0. The first-order chi connectivity index (χ1) is 12.1. The fourth-order valence-electron chi connectivity index (χ4n) is 2.56. The van der Waals surface area contributed by atoms with Gasteiger partial charge in [-0.2, -0.15) is 0 Å². The van der Waals surface area contributed by atoms with Gasteiger partial charge >= 0.3 is 6.03 Å². The number of aromatic nitrogens is 1. The molecule has 5 heteroatoms. The van der Waals surface area contributed by atoms with Crippen LogP contribution in [0, 0.1) is 0 Å². The van der Waals surface area contributed by atoms with Crippen LogP contribution in [-0.4, -0.2) is 25.1 Å². The third-order valence-electron chi connectivity index (χ3n) is 3.75. The van der Waals surface area contributed by atoms with Crippen molar-refractivity contribution in [2.24, 2.45) is 0 Å². The summed E-state index contributed by atoms with van der Waals surface area (Å²) in [7, 11) is 4.05. The van der Waals surface area contributed by atoms with Crippen molar-refractivity contribution >= 4 is 23.2 Å². The number of rotatable bonds is 4. The molecule has 0 aliphatic heterocycles. The summed E-state index contributed by atoms with van der Waals surface area (Å²) in [5.41, 5.74) is 4.12. The van der Waals surface area contributed by atoms with Gasteiger partial charge in [0.2, 0.25) is 0 Å². The normalized spacial score (nSPS) is 10.2. The maximum atomic E-state index is 12.0. The number of pyridine rings is 1. The van der Waals surface area contributed by atoms with Gasteiger partial charge in [-0.25, -0.2) is 9.78 Å². The molecule has 0 aliphatic rings. The molecule has 25 heavy (non-hydrogen) atoms. The molecule has 0 radical (unpaired) electrons. The summed E-state index contributed by atoms with van der Waals surface area (Å²) < 4.78 is 0. The van der Waals surface area contributed by atoms with Crippen LogP contribution in [0.4, 0.5) is 22.0 Å². The van der Waals surface area contributed by atoms with Crippen LogP contribution in [-0.2, 0) is 0 Å². The number of hydrogen-bond donors (Lipinski definition) is 2. The number of hydrogen-bond acceptors (Lipinski definition) is 3. The van der Waals surface area contributed by atoms with Gasteiger partial charge in [0.05, 0.1) is 0 Å². The molecule has 2 aromatic carbocycles. The van der Waals surface area contributed by atoms with E-state index < -0.39 is 0 Å². The van der Waals surface area contributed by atoms with E-state index in [2.05, 4.69) is 32.7 Å². The average molecular weight is 332 g/mol. The van der Waals surface area contributed by atoms with Crippen molar-refractivity contribution in [3.8, 4) is 11.1 Å². The van der Waals surface area contributed by atoms with E-state index in [1.54, 1.807) is 18.3 Å². The number of nitrogens with zero attached hydrogens (tertiary/aromatic N) is 2. The summed E-state index contributed by atoms with van der Waals surface area (Å²) in [6, 6.07) is 21.0. The lowest BCUT2D eigenvalue weighted by atomic mass is 10.0. The molecule has 0 bridgehead atoms. The fraction of sp³-hybridized carbons (Fsp3) is 0.100. The molecule has 0 fully saturated rings. The van der Waals surface area contributed by atoms with Crippen LogP contribution in [0.5, 0.6) is 0 Å². The zero-order valence-electron chi connectivity index (χ0n) is 14.2. The molecule has 1 heterocycles. The van der Waals surface area contributed by atoms with Gasteiger partial charge in [0, 0.05) is 37.2 Å². The summed E-state index contributed by atoms with van der Waals surface area (Å²) in [4.78, 5) is 18.2. The van der Waals surface area contributed by atoms with Crippen LogP contribution in [0.15, 0.2) is 72.9 Å². The zero-order valence-corrected chi connectivity index (χ0v) is 14.2. The summed E-state index contributed by atoms with van der Waals surface area (Å²) in [6.07, 6.45) is 1.63. The molecule has 126 valence electrons. The Bertz CT molecular complexity index is 845. The van der Waals surface area contributed by atoms with Crippen molar-refractivity contribution in [1.29, 1.82) is 0 Å². The third-order valence-corrected chi connectivity index (χ3v) is 3.75. The first-order valence-corrected chi connectivity index (χ1v) is 7.99. The maximum Gasteiger partial charge on any atom is 0.324 e. The Hall–Kier alpha value is -3.34. The van der Waals surface area contributed by atoms with Gasteiger partial charge in [-0.1, -0.05) is 36.4 Å². The Labute approximate surface area is 147 Å². The van der Waals surface area contributed by atoms with Gasteiger partial charge in [-0.3, -0.25) is 5.32 Å². The van der Waals surface area contributed by atoms with Crippen LogP contribution < -0.4 is 15.5 Å². The number of nitrogens with one attached hydrogen (secondary N) is 2. The second kappa shape index (κ2) is 7.49. The Morgan fingerprint density at radius 1 is 0.880 bits per heavy atom. The summed E-state index contributed by atoms with van der Waals surface area (Å²) in [5, 5.41) is 5.50. The number of carbonyl (C=O) groups is 1. The van der Waals surface area contributed by atoms with E-state index in [0.717, 1.165) is 22.5 Å². The quantitative estimate of drug-likeness (QED) is 0.742. The Kier molecular flexibility index (Phi) is 4.95. The number of benzene rings is 2. The molecule has 5 nitrogen and oxygen atoms in total. The van der Waals surface area contributed by atoms with Crippen LogP contribution >= 0.6 is 0 Å². The summed E-state index contributed by atoms with van der Waals surface area (Å²) in [6.45, 7) is 0. The molecular formula is C20H20N4O. The van der Waals surface area contributed by atoms with Gasteiger partial charge in [-0.15, -0.1) is 0 Å². The molecule has 0 unspecified atom stereocenters. The molecule has 3 aromatic rings. The van der Waals surface area contributed by atoms with Gasteiger partial charge in [0.25, 0.3) is 0 Å². The number of urea groups is 1. The minimum Gasteiger partial charge on any atom is -0.377 e. The van der Waals surface area contributed by atoms with Crippen molar-refractivity contribution in [3.05, 3.63) is 72.9 Å². The van der Waals surface area contributed by atoms with Crippen molar-refractivity contribution in [2.75, 3.05) is 29.6 Å². The summed E-state index contributed by atoms with van der Waals surface area (Å²) in [5.74, 6) is 0.511. The van der Waals surface area contributed by atoms with Crippen LogP contribution in [0.25, 0.3) is 11.1 Å². The monoisotopic (exact) mass is 332 g/mol. The van der Waals surface area contributed by atoms with Crippen LogP contribution in [0.1, 0.15) is 0 Å². The average Bonchev–Trinajstić information content (AvgIpc) is 2.63. The standard InChI is InChI=1S/C20H20N4O/c1-24(2)18-8-4-3-7-17(18)15-10-12-16(13-11-15)22-20(25)23-19-9-5-6-14-21-19/h3-14H,1-2H3,(H2,21,22,23,25). The van der Waals surface area contributed by atoms with Crippen molar-refractivity contribution in [1.82, 2.24) is 4.98 Å². The van der Waals surface area contributed by atoms with Crippen LogP contribution in [0.3, 0.4) is 0 Å². The SMILES string of the molecule is CN(C)c1ccccc1-c1ccc(NC(=O)Nc2ccccn2)cc1. The number of para-hydroxylation sites is 1. The molecule has 0 saturated heterocycles. The zero-order chi connectivity index (χ0) is 17.6. The first-order valence-electron chi connectivity index (χ1n) is 7.99. The predicted molar refractivity (Wildman–Crippen MR) is 103 cm³/mol. The second-order valence-electron chi connectivity index (χ2n) is 5.78. The van der Waals surface area contributed by atoms with Gasteiger partial charge in [-0.05, 0) is 35.9 Å². The summed E-state index contributed by atoms with van der Waals surface area (Å²) >= 11 is 0. The number of carbonyl (C=O) groups excluding carboxylic acids is 1. The molecule has 0 aliphatic carbocycles. The van der Waals surface area contributed by atoms with Crippen LogP contribution in [0.2, 0.25) is 0 Å². The van der Waals surface area contributed by atoms with E-state index in [-0.39, 0.29) is 6.03 Å². The molecule has 2 N–H and O–H groups in total. The Morgan fingerprint density at radius 3 is 2.28 bits per heavy atom. The highest BCUT2D eigenvalue weighted by atomic mass is 16.2. The predicted octanol–water partition coefficient (Wildman–Crippen LogP) is 4.46. The van der Waals surface area contributed by atoms with E-state index in [1.807, 2.05) is 56.6 Å². The van der Waals surface area contributed by atoms with E-state index in [0.29, 0.717) is 5.82 Å². The molecule has 2 amide bonds. The first kappa shape index (κ1) is 16.5. The smallest absolute Gasteiger partial charge is 0.324 e. The minimum absolute atomic E-state index is 0.319. The van der Waals surface area contributed by atoms with Gasteiger partial charge in [0.15, 0.2) is 0 Å². The van der Waals surface area contributed by atoms with E-state index in [1.165, 1.54) is 0 Å². The molecule has 1 aromatic heterocycles. The lowest BCUT2D eigenvalue weighted by Gasteiger charge is -2.17. The lowest BCUT2D eigenvalue weighted by Crippen LogP contribution is -2.19. The highest BCUT2D eigenvalue weighted by molar-refractivity contribution is 5.99. The van der Waals surface area contributed by atoms with Crippen molar-refractivity contribution in [3.63, 3.8) is 0 Å². The third kappa shape index (κ3) is 4.14. The molecular weight excluding hydrogens is 312 g/mol. The molecule has 0 saturated carbocycles. The Morgan fingerprint density at radius 2 is 1.60 bits per heavy atom. The molecule has 0 atom stereocenters. The number of amides is 2. The highest BCUT2D eigenvalue weighted by Gasteiger charge is 2.07. The fourth-order valence-corrected chi connectivity index (χ4v) is 2.56. The van der Waals surface area contributed by atoms with Crippen molar-refractivity contribution in [2.45, 2.75) is 0 Å².